The van der Waals surface area contributed by atoms with Crippen molar-refractivity contribution in [3.05, 3.63) is 18.2 Å². The van der Waals surface area contributed by atoms with Crippen LogP contribution < -0.4 is 4.57 Å². The monoisotopic (exact) mass is 377 g/mol. The molecule has 1 aromatic heterocycles. The lowest BCUT2D eigenvalue weighted by Crippen LogP contribution is -2.35. The van der Waals surface area contributed by atoms with Gasteiger partial charge in [-0.2, -0.15) is 0 Å². The lowest BCUT2D eigenvalue weighted by atomic mass is 10.0. The van der Waals surface area contributed by atoms with Crippen LogP contribution in [0, 0.1) is 6.92 Å². The second kappa shape index (κ2) is 17.3. The molecular weight excluding hydrogens is 328 g/mol. The molecule has 1 rings (SSSR count). The van der Waals surface area contributed by atoms with E-state index in [2.05, 4.69) is 42.3 Å². The number of nitrogens with zero attached hydrogens (tertiary/aromatic N) is 2. The van der Waals surface area contributed by atoms with Gasteiger partial charge in [0, 0.05) is 6.92 Å². The maximum Gasteiger partial charge on any atom is 0.253 e. The molecule has 0 aliphatic heterocycles. The zero-order chi connectivity index (χ0) is 19.6. The average Bonchev–Trinajstić information content (AvgIpc) is 3.02. The molecule has 2 nitrogen and oxygen atoms in total. The van der Waals surface area contributed by atoms with E-state index in [0.717, 1.165) is 0 Å². The van der Waals surface area contributed by atoms with Gasteiger partial charge in [0.25, 0.3) is 5.82 Å². The molecule has 0 fully saturated rings. The number of hydrogen-bond donors (Lipinski definition) is 0. The van der Waals surface area contributed by atoms with E-state index >= 15 is 0 Å². The van der Waals surface area contributed by atoms with E-state index in [9.17, 15) is 0 Å². The van der Waals surface area contributed by atoms with Crippen LogP contribution in [0.4, 0.5) is 0 Å². The molecular formula is C25H49N2+. The SMILES string of the molecule is CCCCCCCCCCCCCCCCn1cc[n+](CCCCC)c1C. The van der Waals surface area contributed by atoms with Crippen molar-refractivity contribution in [1.82, 2.24) is 4.57 Å². The summed E-state index contributed by atoms with van der Waals surface area (Å²) in [5.41, 5.74) is 0. The third kappa shape index (κ3) is 12.3. The Morgan fingerprint density at radius 1 is 0.630 bits per heavy atom. The highest BCUT2D eigenvalue weighted by Gasteiger charge is 2.10. The Morgan fingerprint density at radius 3 is 1.59 bits per heavy atom. The summed E-state index contributed by atoms with van der Waals surface area (Å²) in [4.78, 5) is 0. The smallest absolute Gasteiger partial charge is 0.234 e. The molecule has 0 aromatic carbocycles. The molecule has 0 aliphatic rings. The molecule has 0 amide bonds. The Kier molecular flexibility index (Phi) is 15.6. The third-order valence-electron chi connectivity index (χ3n) is 6.01. The fourth-order valence-corrected chi connectivity index (χ4v) is 4.02. The van der Waals surface area contributed by atoms with Crippen molar-refractivity contribution in [2.45, 2.75) is 143 Å². The zero-order valence-corrected chi connectivity index (χ0v) is 19.0. The van der Waals surface area contributed by atoms with E-state index in [4.69, 9.17) is 0 Å². The van der Waals surface area contributed by atoms with Gasteiger partial charge >= 0.3 is 0 Å². The second-order valence-corrected chi connectivity index (χ2v) is 8.54. The minimum atomic E-state index is 1.19. The molecule has 2 heteroatoms. The number of rotatable bonds is 19. The largest absolute Gasteiger partial charge is 0.253 e. The molecule has 1 heterocycles. The quantitative estimate of drug-likeness (QED) is 0.172. The summed E-state index contributed by atoms with van der Waals surface area (Å²) >= 11 is 0. The molecule has 158 valence electrons. The normalized spacial score (nSPS) is 11.4. The first-order chi connectivity index (χ1) is 13.3. The number of aromatic nitrogens is 2. The van der Waals surface area contributed by atoms with Crippen LogP contribution in [0.1, 0.15) is 129 Å². The van der Waals surface area contributed by atoms with Crippen LogP contribution in [0.2, 0.25) is 0 Å². The van der Waals surface area contributed by atoms with Crippen LogP contribution in [-0.4, -0.2) is 4.57 Å². The van der Waals surface area contributed by atoms with Gasteiger partial charge in [-0.3, -0.25) is 0 Å². The van der Waals surface area contributed by atoms with Crippen LogP contribution in [0.25, 0.3) is 0 Å². The number of unbranched alkanes of at least 4 members (excludes halogenated alkanes) is 15. The maximum atomic E-state index is 2.45. The molecule has 0 bridgehead atoms. The van der Waals surface area contributed by atoms with E-state index in [1.807, 2.05) is 0 Å². The topological polar surface area (TPSA) is 8.81 Å². The van der Waals surface area contributed by atoms with E-state index < -0.39 is 0 Å². The molecule has 0 N–H and O–H groups in total. The van der Waals surface area contributed by atoms with Crippen molar-refractivity contribution < 1.29 is 4.57 Å². The Morgan fingerprint density at radius 2 is 1.07 bits per heavy atom. The summed E-state index contributed by atoms with van der Waals surface area (Å²) in [6, 6.07) is 0. The highest BCUT2D eigenvalue weighted by atomic mass is 15.1. The minimum Gasteiger partial charge on any atom is -0.234 e. The first kappa shape index (κ1) is 24.2. The number of imidazole rings is 1. The molecule has 27 heavy (non-hydrogen) atoms. The summed E-state index contributed by atoms with van der Waals surface area (Å²) in [6.07, 6.45) is 28.6. The first-order valence-corrected chi connectivity index (χ1v) is 12.3. The zero-order valence-electron chi connectivity index (χ0n) is 19.0. The van der Waals surface area contributed by atoms with Crippen molar-refractivity contribution in [3.63, 3.8) is 0 Å². The molecule has 0 atom stereocenters. The van der Waals surface area contributed by atoms with E-state index in [1.54, 1.807) is 0 Å². The van der Waals surface area contributed by atoms with Crippen molar-refractivity contribution in [2.75, 3.05) is 0 Å². The average molecular weight is 378 g/mol. The lowest BCUT2D eigenvalue weighted by molar-refractivity contribution is -0.702. The van der Waals surface area contributed by atoms with Gasteiger partial charge in [-0.15, -0.1) is 0 Å². The fraction of sp³-hybridized carbons (Fsp3) is 0.880. The molecule has 0 saturated carbocycles. The van der Waals surface area contributed by atoms with E-state index in [1.165, 1.54) is 128 Å². The Balaban J connectivity index is 1.90. The molecule has 1 aromatic rings. The van der Waals surface area contributed by atoms with Gasteiger partial charge in [0.05, 0.1) is 13.1 Å². The third-order valence-corrected chi connectivity index (χ3v) is 6.01. The van der Waals surface area contributed by atoms with E-state index in [-0.39, 0.29) is 0 Å². The lowest BCUT2D eigenvalue weighted by Gasteiger charge is -2.04. The highest BCUT2D eigenvalue weighted by Crippen LogP contribution is 2.13. The fourth-order valence-electron chi connectivity index (χ4n) is 4.02. The molecule has 0 unspecified atom stereocenters. The van der Waals surface area contributed by atoms with Crippen molar-refractivity contribution in [2.24, 2.45) is 0 Å². The van der Waals surface area contributed by atoms with Gasteiger partial charge in [0.2, 0.25) is 0 Å². The van der Waals surface area contributed by atoms with Gasteiger partial charge in [-0.25, -0.2) is 9.13 Å². The summed E-state index contributed by atoms with van der Waals surface area (Å²) in [7, 11) is 0. The Labute approximate surface area is 170 Å². The predicted molar refractivity (Wildman–Crippen MR) is 119 cm³/mol. The van der Waals surface area contributed by atoms with Gasteiger partial charge in [0.15, 0.2) is 0 Å². The molecule has 0 aliphatic carbocycles. The van der Waals surface area contributed by atoms with Crippen molar-refractivity contribution in [1.29, 1.82) is 0 Å². The minimum absolute atomic E-state index is 1.19. The van der Waals surface area contributed by atoms with Crippen molar-refractivity contribution >= 4 is 0 Å². The second-order valence-electron chi connectivity index (χ2n) is 8.54. The Hall–Kier alpha value is -0.790. The van der Waals surface area contributed by atoms with E-state index in [0.29, 0.717) is 0 Å². The van der Waals surface area contributed by atoms with Crippen LogP contribution in [0.15, 0.2) is 12.4 Å². The van der Waals surface area contributed by atoms with Crippen LogP contribution in [0.5, 0.6) is 0 Å². The summed E-state index contributed by atoms with van der Waals surface area (Å²) in [6.45, 7) is 9.23. The summed E-state index contributed by atoms with van der Waals surface area (Å²) in [5, 5.41) is 0. The molecule has 0 spiro atoms. The Bertz CT molecular complexity index is 436. The first-order valence-electron chi connectivity index (χ1n) is 12.3. The molecule has 0 radical (unpaired) electrons. The van der Waals surface area contributed by atoms with Crippen LogP contribution >= 0.6 is 0 Å². The van der Waals surface area contributed by atoms with Gasteiger partial charge in [-0.05, 0) is 25.7 Å². The predicted octanol–water partition coefficient (Wildman–Crippen LogP) is 7.76. The number of hydrogen-bond acceptors (Lipinski definition) is 0. The molecule has 0 saturated heterocycles. The van der Waals surface area contributed by atoms with Gasteiger partial charge < -0.3 is 0 Å². The maximum absolute atomic E-state index is 2.45. The standard InChI is InChI=1S/C25H49N2/c1-4-6-8-9-10-11-12-13-14-15-16-17-18-20-22-27-24-23-26(25(27)3)21-19-7-5-2/h23-24H,4-22H2,1-3H3/q+1. The van der Waals surface area contributed by atoms with Gasteiger partial charge in [0.1, 0.15) is 12.4 Å². The highest BCUT2D eigenvalue weighted by molar-refractivity contribution is 4.79. The van der Waals surface area contributed by atoms with Crippen LogP contribution in [-0.2, 0) is 13.1 Å². The van der Waals surface area contributed by atoms with Crippen LogP contribution in [0.3, 0.4) is 0 Å². The summed E-state index contributed by atoms with van der Waals surface area (Å²) < 4.78 is 4.88. The summed E-state index contributed by atoms with van der Waals surface area (Å²) in [5.74, 6) is 1.43. The van der Waals surface area contributed by atoms with Gasteiger partial charge in [-0.1, -0.05) is 97.3 Å². The van der Waals surface area contributed by atoms with Crippen molar-refractivity contribution in [3.8, 4) is 0 Å². The number of aryl methyl sites for hydroxylation is 2.